The Bertz CT molecular complexity index is 749. The van der Waals surface area contributed by atoms with Gasteiger partial charge in [-0.3, -0.25) is 14.6 Å². The third kappa shape index (κ3) is 5.73. The molecule has 0 atom stereocenters. The summed E-state index contributed by atoms with van der Waals surface area (Å²) in [5.41, 5.74) is 0.623. The number of aromatic nitrogens is 1. The average Bonchev–Trinajstić information content (AvgIpc) is 2.58. The van der Waals surface area contributed by atoms with Crippen LogP contribution in [0.4, 0.5) is 0 Å². The largest absolute Gasteiger partial charge is 0.457 e. The van der Waals surface area contributed by atoms with Gasteiger partial charge in [-0.25, -0.2) is 0 Å². The molecule has 0 aliphatic carbocycles. The quantitative estimate of drug-likeness (QED) is 0.755. The molecule has 0 saturated heterocycles. The molecule has 2 rings (SSSR count). The zero-order valence-corrected chi connectivity index (χ0v) is 13.5. The van der Waals surface area contributed by atoms with Crippen molar-refractivity contribution in [1.82, 2.24) is 15.6 Å². The van der Waals surface area contributed by atoms with Crippen LogP contribution in [0.5, 0.6) is 11.5 Å². The highest BCUT2D eigenvalue weighted by molar-refractivity contribution is 6.30. The third-order valence-electron chi connectivity index (χ3n) is 2.90. The lowest BCUT2D eigenvalue weighted by molar-refractivity contribution is -0.124. The van der Waals surface area contributed by atoms with Crippen LogP contribution in [0.1, 0.15) is 5.69 Å². The van der Waals surface area contributed by atoms with E-state index in [1.165, 1.54) is 0 Å². The van der Waals surface area contributed by atoms with Crippen molar-refractivity contribution in [2.75, 3.05) is 6.54 Å². The average molecular weight is 346 g/mol. The van der Waals surface area contributed by atoms with Crippen LogP contribution in [-0.2, 0) is 16.1 Å². The van der Waals surface area contributed by atoms with Crippen molar-refractivity contribution < 1.29 is 14.3 Å². The van der Waals surface area contributed by atoms with Crippen molar-refractivity contribution in [1.29, 1.82) is 0 Å². The number of carbonyl (C=O) groups is 2. The highest BCUT2D eigenvalue weighted by Gasteiger charge is 2.05. The van der Waals surface area contributed by atoms with Gasteiger partial charge in [0.25, 0.3) is 0 Å². The molecule has 124 valence electrons. The monoisotopic (exact) mass is 345 g/mol. The third-order valence-corrected chi connectivity index (χ3v) is 3.13. The summed E-state index contributed by atoms with van der Waals surface area (Å²) in [7, 11) is 0. The van der Waals surface area contributed by atoms with Gasteiger partial charge in [-0.2, -0.15) is 0 Å². The molecule has 0 unspecified atom stereocenters. The number of ether oxygens (including phenoxy) is 1. The minimum Gasteiger partial charge on any atom is -0.457 e. The maximum Gasteiger partial charge on any atom is 0.243 e. The van der Waals surface area contributed by atoms with E-state index in [4.69, 9.17) is 16.3 Å². The van der Waals surface area contributed by atoms with Gasteiger partial charge in [-0.1, -0.05) is 24.2 Å². The standard InChI is InChI=1S/C17H16ClN3O3/c1-2-16(22)21-11-17(23)20-10-13-9-15(6-7-19-13)24-14-5-3-4-12(18)8-14/h2-9H,1,10-11H2,(H,20,23)(H,21,22). The number of halogens is 1. The number of carbonyl (C=O) groups excluding carboxylic acids is 2. The van der Waals surface area contributed by atoms with Gasteiger partial charge in [0, 0.05) is 17.3 Å². The summed E-state index contributed by atoms with van der Waals surface area (Å²) < 4.78 is 5.69. The van der Waals surface area contributed by atoms with E-state index in [1.54, 1.807) is 42.6 Å². The van der Waals surface area contributed by atoms with Crippen LogP contribution in [0.2, 0.25) is 5.02 Å². The molecule has 24 heavy (non-hydrogen) atoms. The molecule has 0 radical (unpaired) electrons. The first kappa shape index (κ1) is 17.5. The van der Waals surface area contributed by atoms with E-state index in [2.05, 4.69) is 22.2 Å². The van der Waals surface area contributed by atoms with Gasteiger partial charge in [-0.05, 0) is 30.3 Å². The number of hydrogen-bond acceptors (Lipinski definition) is 4. The van der Waals surface area contributed by atoms with Crippen LogP contribution in [0.15, 0.2) is 55.3 Å². The molecular weight excluding hydrogens is 330 g/mol. The first-order valence-corrected chi connectivity index (χ1v) is 7.50. The number of pyridine rings is 1. The van der Waals surface area contributed by atoms with Crippen LogP contribution in [0.3, 0.4) is 0 Å². The Labute approximate surface area is 144 Å². The molecule has 0 saturated carbocycles. The van der Waals surface area contributed by atoms with Gasteiger partial charge >= 0.3 is 0 Å². The van der Waals surface area contributed by atoms with E-state index in [1.807, 2.05) is 0 Å². The van der Waals surface area contributed by atoms with Gasteiger partial charge in [0.15, 0.2) is 0 Å². The van der Waals surface area contributed by atoms with Gasteiger partial charge in [-0.15, -0.1) is 0 Å². The molecular formula is C17H16ClN3O3. The van der Waals surface area contributed by atoms with E-state index < -0.39 is 5.91 Å². The van der Waals surface area contributed by atoms with Crippen LogP contribution < -0.4 is 15.4 Å². The summed E-state index contributed by atoms with van der Waals surface area (Å²) in [6.45, 7) is 3.40. The van der Waals surface area contributed by atoms with E-state index >= 15 is 0 Å². The summed E-state index contributed by atoms with van der Waals surface area (Å²) in [5, 5.41) is 5.62. The maximum absolute atomic E-state index is 11.6. The highest BCUT2D eigenvalue weighted by atomic mass is 35.5. The van der Waals surface area contributed by atoms with E-state index in [9.17, 15) is 9.59 Å². The number of nitrogens with zero attached hydrogens (tertiary/aromatic N) is 1. The number of nitrogens with one attached hydrogen (secondary N) is 2. The Morgan fingerprint density at radius 2 is 2.00 bits per heavy atom. The first-order valence-electron chi connectivity index (χ1n) is 7.12. The predicted molar refractivity (Wildman–Crippen MR) is 90.8 cm³/mol. The van der Waals surface area contributed by atoms with Crippen LogP contribution in [-0.4, -0.2) is 23.3 Å². The maximum atomic E-state index is 11.6. The van der Waals surface area contributed by atoms with Gasteiger partial charge in [0.1, 0.15) is 11.5 Å². The van der Waals surface area contributed by atoms with Crippen molar-refractivity contribution in [3.63, 3.8) is 0 Å². The van der Waals surface area contributed by atoms with Gasteiger partial charge in [0.2, 0.25) is 11.8 Å². The summed E-state index contributed by atoms with van der Waals surface area (Å²) in [6, 6.07) is 10.5. The molecule has 1 aromatic heterocycles. The van der Waals surface area contributed by atoms with Crippen molar-refractivity contribution >= 4 is 23.4 Å². The molecule has 2 N–H and O–H groups in total. The molecule has 0 aliphatic heterocycles. The lowest BCUT2D eigenvalue weighted by atomic mass is 10.3. The Morgan fingerprint density at radius 1 is 1.21 bits per heavy atom. The molecule has 0 bridgehead atoms. The molecule has 7 heteroatoms. The van der Waals surface area contributed by atoms with Gasteiger partial charge < -0.3 is 15.4 Å². The normalized spacial score (nSPS) is 9.88. The Balaban J connectivity index is 1.89. The van der Waals surface area contributed by atoms with Crippen molar-refractivity contribution in [2.45, 2.75) is 6.54 Å². The molecule has 2 amide bonds. The number of benzene rings is 1. The second kappa shape index (κ2) is 8.69. The zero-order chi connectivity index (χ0) is 17.4. The summed E-state index contributed by atoms with van der Waals surface area (Å²) >= 11 is 5.91. The lowest BCUT2D eigenvalue weighted by Crippen LogP contribution is -2.35. The number of amides is 2. The Hall–Kier alpha value is -2.86. The van der Waals surface area contributed by atoms with E-state index in [0.29, 0.717) is 22.2 Å². The molecule has 2 aromatic rings. The van der Waals surface area contributed by atoms with Crippen LogP contribution >= 0.6 is 11.6 Å². The molecule has 6 nitrogen and oxygen atoms in total. The second-order valence-corrected chi connectivity index (χ2v) is 5.18. The fourth-order valence-corrected chi connectivity index (χ4v) is 1.95. The van der Waals surface area contributed by atoms with Crippen molar-refractivity contribution in [3.05, 3.63) is 66.0 Å². The molecule has 1 heterocycles. The SMILES string of the molecule is C=CC(=O)NCC(=O)NCc1cc(Oc2cccc(Cl)c2)ccn1. The lowest BCUT2D eigenvalue weighted by Gasteiger charge is -2.08. The summed E-state index contributed by atoms with van der Waals surface area (Å²) in [4.78, 5) is 26.8. The van der Waals surface area contributed by atoms with Crippen LogP contribution in [0, 0.1) is 0 Å². The summed E-state index contributed by atoms with van der Waals surface area (Å²) in [6.07, 6.45) is 2.69. The van der Waals surface area contributed by atoms with Crippen molar-refractivity contribution in [2.24, 2.45) is 0 Å². The fourth-order valence-electron chi connectivity index (χ4n) is 1.77. The minimum absolute atomic E-state index is 0.121. The topological polar surface area (TPSA) is 80.3 Å². The first-order chi connectivity index (χ1) is 11.6. The summed E-state index contributed by atoms with van der Waals surface area (Å²) in [5.74, 6) is 0.459. The van der Waals surface area contributed by atoms with E-state index in [-0.39, 0.29) is 19.0 Å². The van der Waals surface area contributed by atoms with Crippen LogP contribution in [0.25, 0.3) is 0 Å². The molecule has 0 spiro atoms. The fraction of sp³-hybridized carbons (Fsp3) is 0.118. The Morgan fingerprint density at radius 3 is 2.75 bits per heavy atom. The smallest absolute Gasteiger partial charge is 0.243 e. The highest BCUT2D eigenvalue weighted by Crippen LogP contribution is 2.24. The molecule has 1 aromatic carbocycles. The second-order valence-electron chi connectivity index (χ2n) is 4.74. The number of rotatable bonds is 7. The minimum atomic E-state index is -0.403. The number of hydrogen-bond donors (Lipinski definition) is 2. The Kier molecular flexibility index (Phi) is 6.33. The predicted octanol–water partition coefficient (Wildman–Crippen LogP) is 2.45. The van der Waals surface area contributed by atoms with Gasteiger partial charge in [0.05, 0.1) is 18.8 Å². The molecule has 0 fully saturated rings. The van der Waals surface area contributed by atoms with Crippen molar-refractivity contribution in [3.8, 4) is 11.5 Å². The van der Waals surface area contributed by atoms with E-state index in [0.717, 1.165) is 6.08 Å². The zero-order valence-electron chi connectivity index (χ0n) is 12.8. The molecule has 0 aliphatic rings.